The summed E-state index contributed by atoms with van der Waals surface area (Å²) in [6, 6.07) is 21.6. The molecule has 0 fully saturated rings. The molecule has 0 radical (unpaired) electrons. The van der Waals surface area contributed by atoms with Gasteiger partial charge in [-0.1, -0.05) is 49.4 Å². The highest BCUT2D eigenvalue weighted by Gasteiger charge is 2.09. The summed E-state index contributed by atoms with van der Waals surface area (Å²) in [7, 11) is 0. The van der Waals surface area contributed by atoms with Gasteiger partial charge in [-0.15, -0.1) is 10.2 Å². The number of nitrogens with one attached hydrogen (secondary N) is 2. The molecule has 27 heavy (non-hydrogen) atoms. The minimum absolute atomic E-state index is 0.0533. The van der Waals surface area contributed by atoms with Gasteiger partial charge in [0.1, 0.15) is 5.82 Å². The molecule has 0 aliphatic rings. The maximum atomic E-state index is 12.1. The Morgan fingerprint density at radius 1 is 0.963 bits per heavy atom. The zero-order chi connectivity index (χ0) is 19.1. The molecule has 5 heteroatoms. The van der Waals surface area contributed by atoms with Crippen LogP contribution in [0.2, 0.25) is 0 Å². The zero-order valence-electron chi connectivity index (χ0n) is 15.6. The van der Waals surface area contributed by atoms with E-state index in [-0.39, 0.29) is 11.9 Å². The van der Waals surface area contributed by atoms with E-state index in [0.717, 1.165) is 23.5 Å². The fourth-order valence-corrected chi connectivity index (χ4v) is 2.57. The van der Waals surface area contributed by atoms with Gasteiger partial charge >= 0.3 is 0 Å². The quantitative estimate of drug-likeness (QED) is 0.660. The number of aromatic nitrogens is 2. The summed E-state index contributed by atoms with van der Waals surface area (Å²) in [5, 5.41) is 14.7. The lowest BCUT2D eigenvalue weighted by molar-refractivity contribution is 0.0939. The van der Waals surface area contributed by atoms with Crippen LogP contribution >= 0.6 is 0 Å². The van der Waals surface area contributed by atoms with Crippen molar-refractivity contribution in [1.82, 2.24) is 15.5 Å². The highest BCUT2D eigenvalue weighted by molar-refractivity contribution is 5.94. The summed E-state index contributed by atoms with van der Waals surface area (Å²) in [4.78, 5) is 12.1. The van der Waals surface area contributed by atoms with Crippen LogP contribution in [0.1, 0.15) is 36.2 Å². The molecule has 0 bridgehead atoms. The smallest absolute Gasteiger partial charge is 0.251 e. The maximum Gasteiger partial charge on any atom is 0.251 e. The Balaban J connectivity index is 1.62. The molecule has 1 amide bonds. The van der Waals surface area contributed by atoms with Crippen LogP contribution in [0, 0.1) is 0 Å². The average Bonchev–Trinajstić information content (AvgIpc) is 2.73. The molecule has 3 rings (SSSR count). The molecule has 0 unspecified atom stereocenters. The van der Waals surface area contributed by atoms with Crippen LogP contribution in [0.25, 0.3) is 11.3 Å². The number of carbonyl (C=O) groups excluding carboxylic acids is 1. The highest BCUT2D eigenvalue weighted by Crippen LogP contribution is 2.18. The van der Waals surface area contributed by atoms with Crippen molar-refractivity contribution in [2.75, 3.05) is 5.32 Å². The lowest BCUT2D eigenvalue weighted by atomic mass is 10.1. The van der Waals surface area contributed by atoms with E-state index in [2.05, 4.69) is 33.0 Å². The van der Waals surface area contributed by atoms with Crippen molar-refractivity contribution in [3.63, 3.8) is 0 Å². The van der Waals surface area contributed by atoms with Crippen molar-refractivity contribution in [3.05, 3.63) is 77.9 Å². The Morgan fingerprint density at radius 2 is 1.70 bits per heavy atom. The summed E-state index contributed by atoms with van der Waals surface area (Å²) in [6.45, 7) is 4.75. The first-order valence-electron chi connectivity index (χ1n) is 9.18. The number of amides is 1. The normalized spacial score (nSPS) is 11.6. The Bertz CT molecular complexity index is 861. The van der Waals surface area contributed by atoms with E-state index < -0.39 is 0 Å². The number of anilines is 1. The van der Waals surface area contributed by atoms with Crippen molar-refractivity contribution in [2.24, 2.45) is 0 Å². The number of benzene rings is 2. The first-order chi connectivity index (χ1) is 13.2. The molecular weight excluding hydrogens is 336 g/mol. The average molecular weight is 360 g/mol. The minimum Gasteiger partial charge on any atom is -0.365 e. The van der Waals surface area contributed by atoms with Crippen LogP contribution in [0.3, 0.4) is 0 Å². The fraction of sp³-hybridized carbons (Fsp3) is 0.227. The molecule has 0 aliphatic carbocycles. The summed E-state index contributed by atoms with van der Waals surface area (Å²) in [6.07, 6.45) is 0.907. The molecule has 1 atom stereocenters. The lowest BCUT2D eigenvalue weighted by Crippen LogP contribution is -2.31. The molecule has 5 nitrogen and oxygen atoms in total. The maximum absolute atomic E-state index is 12.1. The van der Waals surface area contributed by atoms with Gasteiger partial charge in [0, 0.05) is 23.7 Å². The van der Waals surface area contributed by atoms with Crippen LogP contribution in [-0.2, 0) is 6.54 Å². The largest absolute Gasteiger partial charge is 0.365 e. The van der Waals surface area contributed by atoms with Crippen molar-refractivity contribution < 1.29 is 4.79 Å². The van der Waals surface area contributed by atoms with Crippen LogP contribution in [-0.4, -0.2) is 22.1 Å². The van der Waals surface area contributed by atoms with Gasteiger partial charge in [-0.2, -0.15) is 0 Å². The van der Waals surface area contributed by atoms with Crippen LogP contribution < -0.4 is 10.6 Å². The molecule has 1 heterocycles. The second kappa shape index (κ2) is 8.94. The molecular formula is C22H24N4O. The lowest BCUT2D eigenvalue weighted by Gasteiger charge is -2.11. The summed E-state index contributed by atoms with van der Waals surface area (Å²) < 4.78 is 0. The van der Waals surface area contributed by atoms with Gasteiger partial charge in [0.15, 0.2) is 0 Å². The van der Waals surface area contributed by atoms with E-state index in [1.54, 1.807) is 0 Å². The van der Waals surface area contributed by atoms with Gasteiger partial charge in [-0.3, -0.25) is 4.79 Å². The van der Waals surface area contributed by atoms with E-state index in [1.165, 1.54) is 5.56 Å². The summed E-state index contributed by atoms with van der Waals surface area (Å²) >= 11 is 0. The van der Waals surface area contributed by atoms with E-state index in [0.29, 0.717) is 12.1 Å². The van der Waals surface area contributed by atoms with Gasteiger partial charge < -0.3 is 10.6 Å². The van der Waals surface area contributed by atoms with E-state index in [9.17, 15) is 4.79 Å². The van der Waals surface area contributed by atoms with Crippen LogP contribution in [0.5, 0.6) is 0 Å². The monoisotopic (exact) mass is 360 g/mol. The number of carbonyl (C=O) groups is 1. The van der Waals surface area contributed by atoms with Gasteiger partial charge in [0.05, 0.1) is 5.69 Å². The third kappa shape index (κ3) is 5.14. The van der Waals surface area contributed by atoms with Gasteiger partial charge in [-0.25, -0.2) is 0 Å². The van der Waals surface area contributed by atoms with Gasteiger partial charge in [0.2, 0.25) is 0 Å². The molecule has 138 valence electrons. The Kier molecular flexibility index (Phi) is 6.15. The summed E-state index contributed by atoms with van der Waals surface area (Å²) in [5.41, 5.74) is 3.54. The van der Waals surface area contributed by atoms with Crippen molar-refractivity contribution in [3.8, 4) is 11.3 Å². The van der Waals surface area contributed by atoms with Crippen molar-refractivity contribution in [1.29, 1.82) is 0 Å². The number of hydrogen-bond acceptors (Lipinski definition) is 4. The molecule has 0 aliphatic heterocycles. The Labute approximate surface area is 159 Å². The second-order valence-electron chi connectivity index (χ2n) is 6.50. The Morgan fingerprint density at radius 3 is 2.33 bits per heavy atom. The molecule has 0 spiro atoms. The number of nitrogens with zero attached hydrogens (tertiary/aromatic N) is 2. The molecule has 2 aromatic carbocycles. The SMILES string of the molecule is CC[C@H](C)NC(=O)c1ccc(-c2ccc(NCc3ccccc3)nn2)cc1. The van der Waals surface area contributed by atoms with Gasteiger partial charge in [-0.05, 0) is 43.2 Å². The summed E-state index contributed by atoms with van der Waals surface area (Å²) in [5.74, 6) is 0.676. The van der Waals surface area contributed by atoms with Gasteiger partial charge in [0.25, 0.3) is 5.91 Å². The van der Waals surface area contributed by atoms with Crippen molar-refractivity contribution >= 4 is 11.7 Å². The van der Waals surface area contributed by atoms with E-state index in [4.69, 9.17) is 0 Å². The first-order valence-corrected chi connectivity index (χ1v) is 9.18. The third-order valence-corrected chi connectivity index (χ3v) is 4.41. The topological polar surface area (TPSA) is 66.9 Å². The molecule has 1 aromatic heterocycles. The minimum atomic E-state index is -0.0533. The zero-order valence-corrected chi connectivity index (χ0v) is 15.6. The van der Waals surface area contributed by atoms with Crippen molar-refractivity contribution in [2.45, 2.75) is 32.9 Å². The second-order valence-corrected chi connectivity index (χ2v) is 6.50. The molecule has 2 N–H and O–H groups in total. The first kappa shape index (κ1) is 18.6. The van der Waals surface area contributed by atoms with E-state index >= 15 is 0 Å². The predicted molar refractivity (Wildman–Crippen MR) is 108 cm³/mol. The predicted octanol–water partition coefficient (Wildman–Crippen LogP) is 4.28. The van der Waals surface area contributed by atoms with Crippen LogP contribution in [0.15, 0.2) is 66.7 Å². The fourth-order valence-electron chi connectivity index (χ4n) is 2.57. The van der Waals surface area contributed by atoms with E-state index in [1.807, 2.05) is 68.4 Å². The standard InChI is InChI=1S/C22H24N4O/c1-3-16(2)24-22(27)19-11-9-18(10-12-19)20-13-14-21(26-25-20)23-15-17-7-5-4-6-8-17/h4-14,16H,3,15H2,1-2H3,(H,23,26)(H,24,27)/t16-/m0/s1. The number of rotatable bonds is 7. The molecule has 3 aromatic rings. The highest BCUT2D eigenvalue weighted by atomic mass is 16.1. The molecule has 0 saturated carbocycles. The van der Waals surface area contributed by atoms with Crippen LogP contribution in [0.4, 0.5) is 5.82 Å². The third-order valence-electron chi connectivity index (χ3n) is 4.41. The Hall–Kier alpha value is -3.21. The molecule has 0 saturated heterocycles. The number of hydrogen-bond donors (Lipinski definition) is 2.